The van der Waals surface area contributed by atoms with Gasteiger partial charge in [-0.3, -0.25) is 19.4 Å². The van der Waals surface area contributed by atoms with E-state index in [4.69, 9.17) is 0 Å². The summed E-state index contributed by atoms with van der Waals surface area (Å²) in [7, 11) is 1.91. The van der Waals surface area contributed by atoms with Gasteiger partial charge in [-0.15, -0.1) is 0 Å². The van der Waals surface area contributed by atoms with E-state index in [1.165, 1.54) is 37.6 Å². The number of carbonyl (C=O) groups excluding carboxylic acids is 2. The molecule has 11 heteroatoms. The van der Waals surface area contributed by atoms with Gasteiger partial charge >= 0.3 is 0 Å². The zero-order valence-corrected chi connectivity index (χ0v) is 19.7. The fraction of sp³-hybridized carbons (Fsp3) is 0.333. The number of hydrogen-bond acceptors (Lipinski definition) is 7. The molecule has 1 aliphatic rings. The van der Waals surface area contributed by atoms with Gasteiger partial charge in [0, 0.05) is 44.1 Å². The van der Waals surface area contributed by atoms with E-state index in [1.54, 1.807) is 24.0 Å². The molecule has 0 saturated carbocycles. The van der Waals surface area contributed by atoms with Crippen LogP contribution >= 0.6 is 0 Å². The van der Waals surface area contributed by atoms with Crippen LogP contribution in [0.2, 0.25) is 0 Å². The Morgan fingerprint density at radius 1 is 1.20 bits per heavy atom. The van der Waals surface area contributed by atoms with Crippen LogP contribution in [0, 0.1) is 12.7 Å². The topological polar surface area (TPSA) is 124 Å². The molecule has 182 valence electrons. The molecule has 3 heterocycles. The number of likely N-dealkylation sites (N-methyl/N-ethyl adjacent to an activating group) is 1. The molecule has 1 saturated heterocycles. The summed E-state index contributed by atoms with van der Waals surface area (Å²) in [6, 6.07) is 5.74. The van der Waals surface area contributed by atoms with Crippen molar-refractivity contribution in [2.45, 2.75) is 25.9 Å². The fourth-order valence-corrected chi connectivity index (χ4v) is 4.16. The number of benzene rings is 1. The summed E-state index contributed by atoms with van der Waals surface area (Å²) in [5.41, 5.74) is -0.514. The molecule has 2 N–H and O–H groups in total. The summed E-state index contributed by atoms with van der Waals surface area (Å²) >= 11 is 0. The van der Waals surface area contributed by atoms with E-state index in [1.807, 2.05) is 11.9 Å². The van der Waals surface area contributed by atoms with Crippen LogP contribution in [0.4, 0.5) is 4.39 Å². The number of rotatable bonds is 5. The number of H-pyrrole nitrogens is 1. The zero-order valence-electron chi connectivity index (χ0n) is 19.7. The highest BCUT2D eigenvalue weighted by molar-refractivity contribution is 5.94. The van der Waals surface area contributed by atoms with E-state index in [9.17, 15) is 18.8 Å². The Hall–Kier alpha value is -3.99. The van der Waals surface area contributed by atoms with Crippen molar-refractivity contribution in [2.24, 2.45) is 0 Å². The van der Waals surface area contributed by atoms with E-state index in [2.05, 4.69) is 25.3 Å². The molecule has 1 aliphatic heterocycles. The van der Waals surface area contributed by atoms with Gasteiger partial charge in [0.2, 0.25) is 0 Å². The molecule has 2 aromatic heterocycles. The second-order valence-corrected chi connectivity index (χ2v) is 8.76. The normalized spacial score (nSPS) is 18.3. The summed E-state index contributed by atoms with van der Waals surface area (Å²) in [6.45, 7) is 4.81. The molecule has 0 aliphatic carbocycles. The number of hydrogen-bond donors (Lipinski definition) is 2. The Kier molecular flexibility index (Phi) is 6.70. The lowest BCUT2D eigenvalue weighted by Crippen LogP contribution is -2.61. The molecule has 1 aromatic carbocycles. The molecule has 1 atom stereocenters. The van der Waals surface area contributed by atoms with Gasteiger partial charge in [-0.05, 0) is 38.6 Å². The molecule has 10 nitrogen and oxygen atoms in total. The lowest BCUT2D eigenvalue weighted by atomic mass is 9.94. The van der Waals surface area contributed by atoms with Crippen LogP contribution in [0.3, 0.4) is 0 Å². The standard InChI is InChI=1S/C24H26FN7O3/c1-15-19(21(34)28-12-16-4-6-17(25)7-5-16)29-23(30-20(15)33)24(2)14-31(3)10-11-32(24)22(35)18-13-26-8-9-27-18/h4-9,13H,10-12,14H2,1-3H3,(H,28,34)(H,29,30,33). The van der Waals surface area contributed by atoms with Gasteiger partial charge in [-0.1, -0.05) is 12.1 Å². The van der Waals surface area contributed by atoms with Crippen LogP contribution in [-0.4, -0.2) is 68.2 Å². The maximum Gasteiger partial charge on any atom is 0.274 e. The Labute approximate surface area is 201 Å². The molecule has 0 bridgehead atoms. The molecular formula is C24H26FN7O3. The lowest BCUT2D eigenvalue weighted by molar-refractivity contribution is 0.0112. The monoisotopic (exact) mass is 479 g/mol. The third kappa shape index (κ3) is 4.94. The van der Waals surface area contributed by atoms with Crippen LogP contribution in [-0.2, 0) is 12.1 Å². The second kappa shape index (κ2) is 9.71. The first-order valence-electron chi connectivity index (χ1n) is 11.1. The van der Waals surface area contributed by atoms with Gasteiger partial charge in [0.15, 0.2) is 0 Å². The summed E-state index contributed by atoms with van der Waals surface area (Å²) < 4.78 is 13.2. The third-order valence-electron chi connectivity index (χ3n) is 6.15. The van der Waals surface area contributed by atoms with Crippen LogP contribution < -0.4 is 10.9 Å². The number of aromatic amines is 1. The number of piperazine rings is 1. The van der Waals surface area contributed by atoms with Crippen LogP contribution in [0.15, 0.2) is 47.7 Å². The molecule has 35 heavy (non-hydrogen) atoms. The zero-order chi connectivity index (χ0) is 25.2. The molecule has 1 fully saturated rings. The summed E-state index contributed by atoms with van der Waals surface area (Å²) in [5.74, 6) is -1.06. The molecule has 3 aromatic rings. The minimum absolute atomic E-state index is 0.0350. The van der Waals surface area contributed by atoms with Crippen LogP contribution in [0.5, 0.6) is 0 Å². The largest absolute Gasteiger partial charge is 0.347 e. The van der Waals surface area contributed by atoms with Crippen molar-refractivity contribution in [3.63, 3.8) is 0 Å². The Morgan fingerprint density at radius 3 is 2.63 bits per heavy atom. The average molecular weight is 480 g/mol. The van der Waals surface area contributed by atoms with Crippen molar-refractivity contribution in [1.82, 2.24) is 35.1 Å². The molecular weight excluding hydrogens is 453 g/mol. The highest BCUT2D eigenvalue weighted by Crippen LogP contribution is 2.30. The van der Waals surface area contributed by atoms with Gasteiger partial charge < -0.3 is 20.1 Å². The molecule has 1 unspecified atom stereocenters. The highest BCUT2D eigenvalue weighted by atomic mass is 19.1. The number of nitrogens with one attached hydrogen (secondary N) is 2. The maximum absolute atomic E-state index is 13.3. The summed E-state index contributed by atoms with van der Waals surface area (Å²) in [4.78, 5) is 58.2. The van der Waals surface area contributed by atoms with E-state index in [0.29, 0.717) is 25.2 Å². The third-order valence-corrected chi connectivity index (χ3v) is 6.15. The predicted molar refractivity (Wildman–Crippen MR) is 125 cm³/mol. The maximum atomic E-state index is 13.3. The van der Waals surface area contributed by atoms with Crippen molar-refractivity contribution >= 4 is 11.8 Å². The van der Waals surface area contributed by atoms with Crippen molar-refractivity contribution in [3.05, 3.63) is 87.4 Å². The van der Waals surface area contributed by atoms with Gasteiger partial charge in [0.1, 0.15) is 28.6 Å². The van der Waals surface area contributed by atoms with Crippen LogP contribution in [0.25, 0.3) is 0 Å². The number of amides is 2. The molecule has 0 spiro atoms. The number of halogens is 1. The van der Waals surface area contributed by atoms with Gasteiger partial charge in [-0.2, -0.15) is 0 Å². The number of aromatic nitrogens is 4. The van der Waals surface area contributed by atoms with Crippen molar-refractivity contribution < 1.29 is 14.0 Å². The lowest BCUT2D eigenvalue weighted by Gasteiger charge is -2.47. The Balaban J connectivity index is 1.67. The average Bonchev–Trinajstić information content (AvgIpc) is 2.85. The van der Waals surface area contributed by atoms with Crippen LogP contribution in [0.1, 0.15) is 44.9 Å². The summed E-state index contributed by atoms with van der Waals surface area (Å²) in [6.07, 6.45) is 4.31. The number of nitrogens with zero attached hydrogens (tertiary/aromatic N) is 5. The smallest absolute Gasteiger partial charge is 0.274 e. The Morgan fingerprint density at radius 2 is 1.94 bits per heavy atom. The summed E-state index contributed by atoms with van der Waals surface area (Å²) in [5, 5.41) is 2.73. The Bertz CT molecular complexity index is 1300. The molecule has 4 rings (SSSR count). The van der Waals surface area contributed by atoms with Crippen molar-refractivity contribution in [1.29, 1.82) is 0 Å². The van der Waals surface area contributed by atoms with E-state index in [-0.39, 0.29) is 41.0 Å². The second-order valence-electron chi connectivity index (χ2n) is 8.76. The number of carbonyl (C=O) groups is 2. The van der Waals surface area contributed by atoms with E-state index in [0.717, 1.165) is 0 Å². The van der Waals surface area contributed by atoms with Gasteiger partial charge in [-0.25, -0.2) is 14.4 Å². The first-order chi connectivity index (χ1) is 16.7. The van der Waals surface area contributed by atoms with E-state index >= 15 is 0 Å². The van der Waals surface area contributed by atoms with Crippen molar-refractivity contribution in [2.75, 3.05) is 26.7 Å². The van der Waals surface area contributed by atoms with Gasteiger partial charge in [0.25, 0.3) is 17.4 Å². The molecule has 0 radical (unpaired) electrons. The fourth-order valence-electron chi connectivity index (χ4n) is 4.16. The van der Waals surface area contributed by atoms with Crippen molar-refractivity contribution in [3.8, 4) is 0 Å². The van der Waals surface area contributed by atoms with Gasteiger partial charge in [0.05, 0.1) is 6.20 Å². The predicted octanol–water partition coefficient (Wildman–Crippen LogP) is 1.24. The quantitative estimate of drug-likeness (QED) is 0.564. The SMILES string of the molecule is Cc1c(C(=O)NCc2ccc(F)cc2)nc(C2(C)CN(C)CCN2C(=O)c2cnccn2)[nH]c1=O. The highest BCUT2D eigenvalue weighted by Gasteiger charge is 2.44. The molecule has 2 amide bonds. The minimum atomic E-state index is -1.04. The van der Waals surface area contributed by atoms with E-state index < -0.39 is 17.0 Å². The minimum Gasteiger partial charge on any atom is -0.347 e. The first kappa shape index (κ1) is 24.1. The first-order valence-corrected chi connectivity index (χ1v) is 11.1.